The fraction of sp³-hybridized carbons (Fsp3) is 0.304. The summed E-state index contributed by atoms with van der Waals surface area (Å²) in [6, 6.07) is 13.4. The Morgan fingerprint density at radius 3 is 2.53 bits per heavy atom. The summed E-state index contributed by atoms with van der Waals surface area (Å²) in [5.41, 5.74) is 3.05. The molecule has 4 rings (SSSR count). The van der Waals surface area contributed by atoms with E-state index in [9.17, 15) is 9.59 Å². The third-order valence-electron chi connectivity index (χ3n) is 5.34. The van der Waals surface area contributed by atoms with Gasteiger partial charge < -0.3 is 5.32 Å². The minimum Gasteiger partial charge on any atom is -0.324 e. The number of carbonyl (C=O) groups excluding carboxylic acids is 2. The maximum atomic E-state index is 12.5. The summed E-state index contributed by atoms with van der Waals surface area (Å²) in [6.45, 7) is 7.75. The lowest BCUT2D eigenvalue weighted by molar-refractivity contribution is -0.130. The van der Waals surface area contributed by atoms with Gasteiger partial charge in [0.05, 0.1) is 10.7 Å². The van der Waals surface area contributed by atoms with Gasteiger partial charge >= 0.3 is 6.03 Å². The van der Waals surface area contributed by atoms with E-state index >= 15 is 0 Å². The maximum absolute atomic E-state index is 12.5. The van der Waals surface area contributed by atoms with Crippen LogP contribution in [0.3, 0.4) is 0 Å². The highest BCUT2D eigenvalue weighted by Gasteiger charge is 2.43. The number of hydrogen-bond acceptors (Lipinski definition) is 5. The Labute approximate surface area is 196 Å². The molecule has 1 aliphatic heterocycles. The molecular weight excluding hydrogens is 446 g/mol. The zero-order chi connectivity index (χ0) is 23.0. The van der Waals surface area contributed by atoms with Crippen molar-refractivity contribution in [3.63, 3.8) is 0 Å². The number of nitrogens with one attached hydrogen (secondary N) is 1. The number of urea groups is 1. The van der Waals surface area contributed by atoms with Crippen molar-refractivity contribution >= 4 is 35.3 Å². The minimum atomic E-state index is -0.877. The van der Waals surface area contributed by atoms with E-state index in [0.717, 1.165) is 22.4 Å². The molecule has 0 atom stereocenters. The molecule has 32 heavy (non-hydrogen) atoms. The van der Waals surface area contributed by atoms with Crippen LogP contribution in [0.2, 0.25) is 5.02 Å². The highest BCUT2D eigenvalue weighted by atomic mass is 35.5. The molecule has 0 unspecified atom stereocenters. The fourth-order valence-electron chi connectivity index (χ4n) is 3.61. The van der Waals surface area contributed by atoms with Crippen LogP contribution in [-0.4, -0.2) is 49.4 Å². The SMILES string of the molecule is Cc1ccc(C)c(-n2c(SCCN3C(=O)NC(C)(C)C3=O)nnc2-c2ccccc2Cl)c1. The van der Waals surface area contributed by atoms with Gasteiger partial charge in [-0.3, -0.25) is 14.3 Å². The van der Waals surface area contributed by atoms with Gasteiger partial charge in [0.15, 0.2) is 11.0 Å². The van der Waals surface area contributed by atoms with E-state index in [4.69, 9.17) is 11.6 Å². The first kappa shape index (κ1) is 22.4. The summed E-state index contributed by atoms with van der Waals surface area (Å²) in [7, 11) is 0. The second-order valence-electron chi connectivity index (χ2n) is 8.27. The summed E-state index contributed by atoms with van der Waals surface area (Å²) >= 11 is 7.91. The van der Waals surface area contributed by atoms with E-state index in [-0.39, 0.29) is 18.5 Å². The third-order valence-corrected chi connectivity index (χ3v) is 6.58. The predicted molar refractivity (Wildman–Crippen MR) is 126 cm³/mol. The average Bonchev–Trinajstić information content (AvgIpc) is 3.23. The lowest BCUT2D eigenvalue weighted by Crippen LogP contribution is -2.40. The molecule has 1 aromatic heterocycles. The first-order valence-corrected chi connectivity index (χ1v) is 11.6. The van der Waals surface area contributed by atoms with Crippen LogP contribution in [0.25, 0.3) is 17.1 Å². The standard InChI is InChI=1S/C23H24ClN5O2S/c1-14-9-10-15(2)18(13-14)29-19(16-7-5-6-8-17(16)24)26-27-22(29)32-12-11-28-20(30)23(3,4)25-21(28)31/h5-10,13H,11-12H2,1-4H3,(H,25,31). The summed E-state index contributed by atoms with van der Waals surface area (Å²) in [5, 5.41) is 12.8. The Hall–Kier alpha value is -2.84. The molecule has 0 spiro atoms. The normalized spacial score (nSPS) is 15.3. The van der Waals surface area contributed by atoms with E-state index in [1.165, 1.54) is 16.7 Å². The van der Waals surface area contributed by atoms with Crippen LogP contribution in [-0.2, 0) is 4.79 Å². The first-order valence-electron chi connectivity index (χ1n) is 10.2. The molecule has 2 aromatic carbocycles. The van der Waals surface area contributed by atoms with Gasteiger partial charge in [0.1, 0.15) is 5.54 Å². The number of rotatable bonds is 6. The van der Waals surface area contributed by atoms with E-state index in [0.29, 0.717) is 21.8 Å². The van der Waals surface area contributed by atoms with Crippen LogP contribution in [0.5, 0.6) is 0 Å². The summed E-state index contributed by atoms with van der Waals surface area (Å²) in [5.74, 6) is 0.902. The summed E-state index contributed by atoms with van der Waals surface area (Å²) < 4.78 is 1.99. The number of thioether (sulfide) groups is 1. The number of amides is 3. The van der Waals surface area contributed by atoms with Crippen molar-refractivity contribution in [2.45, 2.75) is 38.4 Å². The molecule has 0 bridgehead atoms. The molecule has 2 heterocycles. The van der Waals surface area contributed by atoms with Crippen molar-refractivity contribution in [2.24, 2.45) is 0 Å². The van der Waals surface area contributed by atoms with Crippen molar-refractivity contribution in [3.8, 4) is 17.1 Å². The van der Waals surface area contributed by atoms with Crippen molar-refractivity contribution in [2.75, 3.05) is 12.3 Å². The zero-order valence-electron chi connectivity index (χ0n) is 18.3. The average molecular weight is 470 g/mol. The number of imide groups is 1. The highest BCUT2D eigenvalue weighted by molar-refractivity contribution is 7.99. The topological polar surface area (TPSA) is 80.1 Å². The molecule has 1 saturated heterocycles. The Morgan fingerprint density at radius 1 is 1.09 bits per heavy atom. The van der Waals surface area contributed by atoms with Gasteiger partial charge in [-0.2, -0.15) is 0 Å². The molecule has 0 aliphatic carbocycles. The van der Waals surface area contributed by atoms with Crippen molar-refractivity contribution in [3.05, 3.63) is 58.6 Å². The van der Waals surface area contributed by atoms with Gasteiger partial charge in [0.2, 0.25) is 0 Å². The zero-order valence-corrected chi connectivity index (χ0v) is 19.9. The lowest BCUT2D eigenvalue weighted by atomic mass is 10.1. The second kappa shape index (κ2) is 8.60. The van der Waals surface area contributed by atoms with Crippen molar-refractivity contribution < 1.29 is 9.59 Å². The molecule has 166 valence electrons. The van der Waals surface area contributed by atoms with Crippen LogP contribution in [0.15, 0.2) is 47.6 Å². The molecule has 1 N–H and O–H groups in total. The highest BCUT2D eigenvalue weighted by Crippen LogP contribution is 2.33. The molecule has 3 amide bonds. The minimum absolute atomic E-state index is 0.226. The van der Waals surface area contributed by atoms with Crippen molar-refractivity contribution in [1.29, 1.82) is 0 Å². The van der Waals surface area contributed by atoms with E-state index in [1.807, 2.05) is 42.7 Å². The Bertz CT molecular complexity index is 1210. The molecule has 1 aliphatic rings. The Morgan fingerprint density at radius 2 is 1.84 bits per heavy atom. The summed E-state index contributed by atoms with van der Waals surface area (Å²) in [4.78, 5) is 25.9. The number of benzene rings is 2. The number of nitrogens with zero attached hydrogens (tertiary/aromatic N) is 4. The Balaban J connectivity index is 1.67. The molecular formula is C23H24ClN5O2S. The van der Waals surface area contributed by atoms with Gasteiger partial charge in [0, 0.05) is 17.9 Å². The third kappa shape index (κ3) is 4.12. The lowest BCUT2D eigenvalue weighted by Gasteiger charge is -2.16. The smallest absolute Gasteiger partial charge is 0.324 e. The fourth-order valence-corrected chi connectivity index (χ4v) is 4.70. The quantitative estimate of drug-likeness (QED) is 0.420. The monoisotopic (exact) mass is 469 g/mol. The van der Waals surface area contributed by atoms with Crippen molar-refractivity contribution in [1.82, 2.24) is 25.0 Å². The van der Waals surface area contributed by atoms with Gasteiger partial charge in [-0.05, 0) is 57.0 Å². The number of hydrogen-bond donors (Lipinski definition) is 1. The Kier molecular flexibility index (Phi) is 6.01. The number of aryl methyl sites for hydroxylation is 2. The van der Waals surface area contributed by atoms with Gasteiger partial charge in [-0.25, -0.2) is 4.79 Å². The van der Waals surface area contributed by atoms with Crippen LogP contribution in [0.4, 0.5) is 4.79 Å². The number of halogens is 1. The van der Waals surface area contributed by atoms with Gasteiger partial charge in [0.25, 0.3) is 5.91 Å². The molecule has 7 nitrogen and oxygen atoms in total. The van der Waals surface area contributed by atoms with E-state index in [2.05, 4.69) is 33.7 Å². The molecule has 0 saturated carbocycles. The van der Waals surface area contributed by atoms with E-state index < -0.39 is 5.54 Å². The second-order valence-corrected chi connectivity index (χ2v) is 9.74. The summed E-state index contributed by atoms with van der Waals surface area (Å²) in [6.07, 6.45) is 0. The predicted octanol–water partition coefficient (Wildman–Crippen LogP) is 4.63. The molecule has 0 radical (unpaired) electrons. The first-order chi connectivity index (χ1) is 15.2. The van der Waals surface area contributed by atoms with E-state index in [1.54, 1.807) is 13.8 Å². The van der Waals surface area contributed by atoms with Gasteiger partial charge in [-0.1, -0.05) is 47.6 Å². The molecule has 3 aromatic rings. The number of aromatic nitrogens is 3. The molecule has 9 heteroatoms. The van der Waals surface area contributed by atoms with Crippen LogP contribution in [0, 0.1) is 13.8 Å². The van der Waals surface area contributed by atoms with Crippen LogP contribution in [0.1, 0.15) is 25.0 Å². The van der Waals surface area contributed by atoms with Crippen LogP contribution >= 0.6 is 23.4 Å². The number of carbonyl (C=O) groups is 2. The molecule has 1 fully saturated rings. The van der Waals surface area contributed by atoms with Crippen LogP contribution < -0.4 is 5.32 Å². The maximum Gasteiger partial charge on any atom is 0.325 e. The van der Waals surface area contributed by atoms with Gasteiger partial charge in [-0.15, -0.1) is 10.2 Å². The largest absolute Gasteiger partial charge is 0.325 e.